The molecular weight excluding hydrogens is 396 g/mol. The monoisotopic (exact) mass is 414 g/mol. The smallest absolute Gasteiger partial charge is 0.365 e. The summed E-state index contributed by atoms with van der Waals surface area (Å²) in [6.45, 7) is 1.91. The summed E-state index contributed by atoms with van der Waals surface area (Å²) < 4.78 is 5.70. The molecule has 1 aromatic heterocycles. The van der Waals surface area contributed by atoms with E-state index in [1.165, 1.54) is 4.90 Å². The number of rotatable bonds is 1. The summed E-state index contributed by atoms with van der Waals surface area (Å²) in [4.78, 5) is 29.5. The Kier molecular flexibility index (Phi) is 4.38. The van der Waals surface area contributed by atoms with E-state index < -0.39 is 23.1 Å². The summed E-state index contributed by atoms with van der Waals surface area (Å²) >= 11 is 0.900. The number of aromatic nitrogens is 1. The molecule has 2 aliphatic rings. The number of carbonyl (C=O) groups excluding carboxylic acids is 1. The topological polar surface area (TPSA) is 120 Å². The van der Waals surface area contributed by atoms with Gasteiger partial charge in [0.25, 0.3) is 5.91 Å². The van der Waals surface area contributed by atoms with Gasteiger partial charge in [0.2, 0.25) is 10.6 Å². The molecule has 1 saturated heterocycles. The lowest BCUT2D eigenvalue weighted by molar-refractivity contribution is -0.137. The molecule has 0 spiro atoms. The highest BCUT2D eigenvalue weighted by atomic mass is 32.1. The average Bonchev–Trinajstić information content (AvgIpc) is 3.21. The number of carboxylic acids is 1. The lowest BCUT2D eigenvalue weighted by Gasteiger charge is -2.19. The molecule has 2 aliphatic heterocycles. The standard InChI is InChI=1S/C20H18N2O6S/c1-19(26)10-28-13-4-3-11(5-6-20(27)7-8-22(2)18(20)25)9-12(13)14-15(19)29-16(21-14)17(23)24/h3-4,9,26-27H,7-8,10H2,1-2H3,(H,23,24)/t19?,20-/m0/s1. The molecule has 8 nitrogen and oxygen atoms in total. The van der Waals surface area contributed by atoms with Crippen LogP contribution in [0.15, 0.2) is 18.2 Å². The van der Waals surface area contributed by atoms with Crippen LogP contribution in [0.4, 0.5) is 0 Å². The van der Waals surface area contributed by atoms with Gasteiger partial charge in [0.15, 0.2) is 0 Å². The largest absolute Gasteiger partial charge is 0.489 e. The highest BCUT2D eigenvalue weighted by Crippen LogP contribution is 2.43. The molecule has 0 aliphatic carbocycles. The van der Waals surface area contributed by atoms with Gasteiger partial charge in [-0.1, -0.05) is 11.8 Å². The van der Waals surface area contributed by atoms with Crippen molar-refractivity contribution in [1.82, 2.24) is 9.88 Å². The fraction of sp³-hybridized carbons (Fsp3) is 0.350. The molecule has 0 saturated carbocycles. The van der Waals surface area contributed by atoms with E-state index in [2.05, 4.69) is 16.8 Å². The van der Waals surface area contributed by atoms with Crippen LogP contribution in [-0.2, 0) is 10.4 Å². The van der Waals surface area contributed by atoms with Crippen molar-refractivity contribution in [2.24, 2.45) is 0 Å². The molecule has 3 heterocycles. The molecule has 1 fully saturated rings. The molecule has 150 valence electrons. The van der Waals surface area contributed by atoms with Gasteiger partial charge in [0.05, 0.1) is 10.6 Å². The SMILES string of the molecule is CN1CC[C@@](O)(C#Cc2ccc3c(c2)-c2nc(C(=O)O)sc2C(C)(O)CO3)C1=O. The lowest BCUT2D eigenvalue weighted by Crippen LogP contribution is -2.37. The number of thiazole rings is 1. The minimum absolute atomic E-state index is 0.0557. The number of likely N-dealkylation sites (N-methyl/N-ethyl adjacent to an activating group) is 1. The Balaban J connectivity index is 1.79. The van der Waals surface area contributed by atoms with Crippen molar-refractivity contribution in [2.75, 3.05) is 20.2 Å². The number of nitrogens with zero attached hydrogens (tertiary/aromatic N) is 2. The average molecular weight is 414 g/mol. The first-order valence-corrected chi connectivity index (χ1v) is 9.68. The van der Waals surface area contributed by atoms with E-state index in [4.69, 9.17) is 4.74 Å². The second kappa shape index (κ2) is 6.56. The van der Waals surface area contributed by atoms with Gasteiger partial charge in [0.1, 0.15) is 18.0 Å². The van der Waals surface area contributed by atoms with Gasteiger partial charge in [-0.3, -0.25) is 4.79 Å². The zero-order chi connectivity index (χ0) is 21.0. The third kappa shape index (κ3) is 3.25. The molecule has 29 heavy (non-hydrogen) atoms. The van der Waals surface area contributed by atoms with Crippen molar-refractivity contribution >= 4 is 23.2 Å². The van der Waals surface area contributed by atoms with Crippen molar-refractivity contribution in [1.29, 1.82) is 0 Å². The second-order valence-electron chi connectivity index (χ2n) is 7.36. The fourth-order valence-corrected chi connectivity index (χ4v) is 4.26. The minimum atomic E-state index is -1.72. The van der Waals surface area contributed by atoms with Crippen molar-refractivity contribution in [3.63, 3.8) is 0 Å². The van der Waals surface area contributed by atoms with Crippen molar-refractivity contribution in [2.45, 2.75) is 24.5 Å². The summed E-state index contributed by atoms with van der Waals surface area (Å²) in [7, 11) is 1.61. The first-order chi connectivity index (χ1) is 13.6. The van der Waals surface area contributed by atoms with Crippen LogP contribution in [0.2, 0.25) is 0 Å². The van der Waals surface area contributed by atoms with Gasteiger partial charge in [0, 0.05) is 31.1 Å². The second-order valence-corrected chi connectivity index (χ2v) is 8.36. The Labute approximate surface area is 170 Å². The first kappa shape index (κ1) is 19.4. The molecule has 1 unspecified atom stereocenters. The van der Waals surface area contributed by atoms with Gasteiger partial charge in [-0.25, -0.2) is 9.78 Å². The van der Waals surface area contributed by atoms with Gasteiger partial charge >= 0.3 is 5.97 Å². The first-order valence-electron chi connectivity index (χ1n) is 8.86. The summed E-state index contributed by atoms with van der Waals surface area (Å²) in [5.41, 5.74) is -1.80. The Bertz CT molecular complexity index is 1100. The van der Waals surface area contributed by atoms with Crippen LogP contribution >= 0.6 is 11.3 Å². The maximum atomic E-state index is 12.1. The molecular formula is C20H18N2O6S. The molecule has 4 rings (SSSR count). The number of hydrogen-bond donors (Lipinski definition) is 3. The number of benzene rings is 1. The summed E-state index contributed by atoms with van der Waals surface area (Å²) in [5, 5.41) is 30.4. The van der Waals surface area contributed by atoms with E-state index in [9.17, 15) is 24.9 Å². The highest BCUT2D eigenvalue weighted by molar-refractivity contribution is 7.14. The number of amides is 1. The molecule has 2 atom stereocenters. The molecule has 0 radical (unpaired) electrons. The Morgan fingerprint density at radius 3 is 2.79 bits per heavy atom. The Hall–Kier alpha value is -2.93. The van der Waals surface area contributed by atoms with Crippen molar-refractivity contribution in [3.05, 3.63) is 33.6 Å². The quantitative estimate of drug-likeness (QED) is 0.597. The lowest BCUT2D eigenvalue weighted by atomic mass is 9.99. The zero-order valence-electron chi connectivity index (χ0n) is 15.7. The number of carbonyl (C=O) groups is 2. The summed E-state index contributed by atoms with van der Waals surface area (Å²) in [5.74, 6) is 4.30. The van der Waals surface area contributed by atoms with E-state index in [-0.39, 0.29) is 18.0 Å². The van der Waals surface area contributed by atoms with Gasteiger partial charge in [-0.2, -0.15) is 0 Å². The van der Waals surface area contributed by atoms with Crippen molar-refractivity contribution in [3.8, 4) is 28.8 Å². The predicted molar refractivity (Wildman–Crippen MR) is 104 cm³/mol. The summed E-state index contributed by atoms with van der Waals surface area (Å²) in [6.07, 6.45) is 0.227. The molecule has 2 aromatic rings. The number of likely N-dealkylation sites (tertiary alicyclic amines) is 1. The number of carboxylic acid groups (broad SMARTS) is 1. The molecule has 0 bridgehead atoms. The summed E-state index contributed by atoms with van der Waals surface area (Å²) in [6, 6.07) is 4.97. The predicted octanol–water partition coefficient (Wildman–Crippen LogP) is 1.05. The van der Waals surface area contributed by atoms with Gasteiger partial charge < -0.3 is 25.0 Å². The van der Waals surface area contributed by atoms with Crippen LogP contribution in [-0.4, -0.2) is 62.9 Å². The third-order valence-electron chi connectivity index (χ3n) is 4.97. The number of ether oxygens (including phenoxy) is 1. The van der Waals surface area contributed by atoms with E-state index in [1.807, 2.05) is 0 Å². The molecule has 1 amide bonds. The number of aromatic carboxylic acids is 1. The van der Waals surface area contributed by atoms with E-state index in [0.717, 1.165) is 11.3 Å². The third-order valence-corrected chi connectivity index (χ3v) is 6.26. The Morgan fingerprint density at radius 1 is 1.38 bits per heavy atom. The van der Waals surface area contributed by atoms with Crippen LogP contribution in [0.5, 0.6) is 5.75 Å². The van der Waals surface area contributed by atoms with Gasteiger partial charge in [-0.15, -0.1) is 11.3 Å². The van der Waals surface area contributed by atoms with Crippen LogP contribution in [0.3, 0.4) is 0 Å². The van der Waals surface area contributed by atoms with Crippen molar-refractivity contribution < 1.29 is 29.6 Å². The number of hydrogen-bond acceptors (Lipinski definition) is 7. The zero-order valence-corrected chi connectivity index (χ0v) is 16.5. The maximum Gasteiger partial charge on any atom is 0.365 e. The normalized spacial score (nSPS) is 25.4. The van der Waals surface area contributed by atoms with Crippen LogP contribution in [0.25, 0.3) is 11.3 Å². The number of aliphatic hydroxyl groups is 2. The molecule has 1 aromatic carbocycles. The van der Waals surface area contributed by atoms with Crippen LogP contribution in [0, 0.1) is 11.8 Å². The van der Waals surface area contributed by atoms with E-state index >= 15 is 0 Å². The fourth-order valence-electron chi connectivity index (χ4n) is 3.31. The Morgan fingerprint density at radius 2 is 2.14 bits per heavy atom. The number of fused-ring (bicyclic) bond motifs is 3. The molecule has 9 heteroatoms. The van der Waals surface area contributed by atoms with Gasteiger partial charge in [-0.05, 0) is 25.1 Å². The van der Waals surface area contributed by atoms with E-state index in [0.29, 0.717) is 34.0 Å². The van der Waals surface area contributed by atoms with Crippen LogP contribution in [0.1, 0.15) is 33.6 Å². The maximum absolute atomic E-state index is 12.1. The van der Waals surface area contributed by atoms with E-state index in [1.54, 1.807) is 32.2 Å². The molecule has 3 N–H and O–H groups in total. The van der Waals surface area contributed by atoms with Crippen LogP contribution < -0.4 is 4.74 Å². The highest BCUT2D eigenvalue weighted by Gasteiger charge is 2.42. The minimum Gasteiger partial charge on any atom is -0.489 e.